The number of benzene rings is 1. The van der Waals surface area contributed by atoms with Gasteiger partial charge in [-0.1, -0.05) is 12.1 Å². The largest absolute Gasteiger partial charge is 0.314 e. The second kappa shape index (κ2) is 9.26. The van der Waals surface area contributed by atoms with Gasteiger partial charge in [0.25, 0.3) is 5.91 Å². The Kier molecular flexibility index (Phi) is 8.25. The standard InChI is InChI=1S/C20H30N3O.Y/c1-7-23(8-2,9-3)18-11-10-12-22(20(18)24)19-15(4)13-17(21-6)14-16(19)5;/h13-14,18H,7-12H2,1-5H3;/q+1;. The number of likely N-dealkylation sites (N-methyl/N-ethyl adjacent to an activating group) is 1. The van der Waals surface area contributed by atoms with Gasteiger partial charge < -0.3 is 9.38 Å². The maximum Gasteiger partial charge on any atom is 0.285 e. The number of amides is 1. The summed E-state index contributed by atoms with van der Waals surface area (Å²) in [5.41, 5.74) is 3.71. The van der Waals surface area contributed by atoms with Crippen molar-refractivity contribution in [1.82, 2.24) is 0 Å². The molecule has 1 atom stereocenters. The predicted octanol–water partition coefficient (Wildman–Crippen LogP) is 4.22. The molecule has 1 aromatic rings. The molecule has 2 rings (SSSR count). The summed E-state index contributed by atoms with van der Waals surface area (Å²) in [5, 5.41) is 0. The van der Waals surface area contributed by atoms with Crippen LogP contribution in [-0.4, -0.2) is 42.6 Å². The fourth-order valence-electron chi connectivity index (χ4n) is 4.34. The molecule has 1 heterocycles. The molecule has 1 aliphatic heterocycles. The van der Waals surface area contributed by atoms with Gasteiger partial charge in [-0.3, -0.25) is 4.79 Å². The van der Waals surface area contributed by atoms with E-state index in [2.05, 4.69) is 25.6 Å². The second-order valence-corrected chi connectivity index (χ2v) is 6.86. The zero-order chi connectivity index (χ0) is 17.9. The Morgan fingerprint density at radius 3 is 2.12 bits per heavy atom. The van der Waals surface area contributed by atoms with E-state index in [-0.39, 0.29) is 44.7 Å². The molecule has 0 bridgehead atoms. The van der Waals surface area contributed by atoms with Crippen molar-refractivity contribution in [2.45, 2.75) is 53.5 Å². The van der Waals surface area contributed by atoms with Crippen LogP contribution in [0, 0.1) is 20.4 Å². The molecule has 5 heteroatoms. The minimum atomic E-state index is 0. The number of carbonyl (C=O) groups is 1. The van der Waals surface area contributed by atoms with Crippen LogP contribution >= 0.6 is 0 Å². The first kappa shape index (κ1) is 22.3. The summed E-state index contributed by atoms with van der Waals surface area (Å²) in [6.07, 6.45) is 2.02. The third-order valence-corrected chi connectivity index (χ3v) is 5.84. The van der Waals surface area contributed by atoms with Crippen LogP contribution in [0.4, 0.5) is 11.4 Å². The Bertz CT molecular complexity index is 630. The zero-order valence-electron chi connectivity index (χ0n) is 16.3. The number of rotatable bonds is 5. The van der Waals surface area contributed by atoms with Gasteiger partial charge in [0.15, 0.2) is 11.7 Å². The molecule has 0 saturated carbocycles. The maximum absolute atomic E-state index is 13.4. The molecule has 25 heavy (non-hydrogen) atoms. The molecule has 0 aliphatic carbocycles. The van der Waals surface area contributed by atoms with Gasteiger partial charge in [-0.25, -0.2) is 4.85 Å². The van der Waals surface area contributed by atoms with E-state index in [1.165, 1.54) is 0 Å². The van der Waals surface area contributed by atoms with Gasteiger partial charge in [-0.05, 0) is 52.2 Å². The van der Waals surface area contributed by atoms with Crippen molar-refractivity contribution in [3.05, 3.63) is 34.7 Å². The number of carbonyl (C=O) groups excluding carboxylic acids is 1. The minimum absolute atomic E-state index is 0. The van der Waals surface area contributed by atoms with Crippen LogP contribution in [0.15, 0.2) is 12.1 Å². The summed E-state index contributed by atoms with van der Waals surface area (Å²) in [4.78, 5) is 18.9. The van der Waals surface area contributed by atoms with E-state index in [0.717, 1.165) is 60.3 Å². The first-order valence-electron chi connectivity index (χ1n) is 9.09. The van der Waals surface area contributed by atoms with E-state index in [1.54, 1.807) is 0 Å². The van der Waals surface area contributed by atoms with Crippen molar-refractivity contribution in [3.63, 3.8) is 0 Å². The monoisotopic (exact) mass is 417 g/mol. The van der Waals surface area contributed by atoms with Gasteiger partial charge in [0.1, 0.15) is 0 Å². The molecule has 1 fully saturated rings. The molecule has 0 spiro atoms. The van der Waals surface area contributed by atoms with Crippen LogP contribution < -0.4 is 4.90 Å². The summed E-state index contributed by atoms with van der Waals surface area (Å²) < 4.78 is 0.869. The Morgan fingerprint density at radius 2 is 1.68 bits per heavy atom. The van der Waals surface area contributed by atoms with Gasteiger partial charge in [0, 0.05) is 51.4 Å². The second-order valence-electron chi connectivity index (χ2n) is 6.86. The van der Waals surface area contributed by atoms with Crippen LogP contribution in [0.1, 0.15) is 44.7 Å². The van der Waals surface area contributed by atoms with Crippen LogP contribution in [-0.2, 0) is 37.5 Å². The SMILES string of the molecule is [C-]#[N+]c1cc(C)c(N2CCCC([N+](CC)(CC)CC)C2=O)c(C)c1.[Y]. The topological polar surface area (TPSA) is 24.7 Å². The normalized spacial score (nSPS) is 17.8. The molecular weight excluding hydrogens is 387 g/mol. The fourth-order valence-corrected chi connectivity index (χ4v) is 4.34. The Morgan fingerprint density at radius 1 is 1.16 bits per heavy atom. The molecule has 1 radical (unpaired) electrons. The molecule has 0 N–H and O–H groups in total. The zero-order valence-corrected chi connectivity index (χ0v) is 19.1. The summed E-state index contributed by atoms with van der Waals surface area (Å²) in [6, 6.07) is 3.85. The summed E-state index contributed by atoms with van der Waals surface area (Å²) in [6.45, 7) is 21.6. The number of piperidine rings is 1. The number of aryl methyl sites for hydroxylation is 2. The van der Waals surface area contributed by atoms with Gasteiger partial charge in [0.2, 0.25) is 0 Å². The first-order valence-corrected chi connectivity index (χ1v) is 9.09. The first-order chi connectivity index (χ1) is 11.4. The van der Waals surface area contributed by atoms with Crippen LogP contribution in [0.25, 0.3) is 4.85 Å². The third kappa shape index (κ3) is 4.16. The van der Waals surface area contributed by atoms with E-state index in [0.29, 0.717) is 5.69 Å². The predicted molar refractivity (Wildman–Crippen MR) is 99.4 cm³/mol. The Hall–Kier alpha value is -0.756. The molecule has 4 nitrogen and oxygen atoms in total. The van der Waals surface area contributed by atoms with Gasteiger partial charge in [0.05, 0.1) is 26.2 Å². The van der Waals surface area contributed by atoms with Crippen molar-refractivity contribution in [1.29, 1.82) is 0 Å². The Balaban J connectivity index is 0.00000312. The average molecular weight is 417 g/mol. The summed E-state index contributed by atoms with van der Waals surface area (Å²) in [7, 11) is 0. The molecule has 1 aromatic carbocycles. The molecule has 1 saturated heterocycles. The molecule has 0 aromatic heterocycles. The van der Waals surface area contributed by atoms with Crippen LogP contribution in [0.3, 0.4) is 0 Å². The van der Waals surface area contributed by atoms with Crippen molar-refractivity contribution in [3.8, 4) is 0 Å². The fraction of sp³-hybridized carbons (Fsp3) is 0.600. The number of hydrogen-bond donors (Lipinski definition) is 0. The number of nitrogens with zero attached hydrogens (tertiary/aromatic N) is 3. The summed E-state index contributed by atoms with van der Waals surface area (Å²) in [5.74, 6) is 0.258. The van der Waals surface area contributed by atoms with E-state index >= 15 is 0 Å². The molecular formula is C20H30N3OY+. The van der Waals surface area contributed by atoms with Crippen molar-refractivity contribution in [2.75, 3.05) is 31.1 Å². The number of hydrogen-bond acceptors (Lipinski definition) is 1. The average Bonchev–Trinajstić information content (AvgIpc) is 2.58. The Labute approximate surface area is 177 Å². The van der Waals surface area contributed by atoms with Gasteiger partial charge >= 0.3 is 0 Å². The third-order valence-electron chi connectivity index (χ3n) is 5.84. The molecule has 1 amide bonds. The van der Waals surface area contributed by atoms with Crippen molar-refractivity contribution in [2.24, 2.45) is 0 Å². The summed E-state index contributed by atoms with van der Waals surface area (Å²) >= 11 is 0. The van der Waals surface area contributed by atoms with E-state index < -0.39 is 0 Å². The van der Waals surface area contributed by atoms with Crippen molar-refractivity contribution >= 4 is 17.3 Å². The van der Waals surface area contributed by atoms with Gasteiger partial charge in [-0.2, -0.15) is 0 Å². The van der Waals surface area contributed by atoms with Crippen LogP contribution in [0.2, 0.25) is 0 Å². The van der Waals surface area contributed by atoms with Gasteiger partial charge in [-0.15, -0.1) is 0 Å². The minimum Gasteiger partial charge on any atom is -0.314 e. The molecule has 1 aliphatic rings. The van der Waals surface area contributed by atoms with E-state index in [9.17, 15) is 4.79 Å². The number of anilines is 1. The smallest absolute Gasteiger partial charge is 0.285 e. The van der Waals surface area contributed by atoms with E-state index in [1.807, 2.05) is 30.9 Å². The van der Waals surface area contributed by atoms with Crippen molar-refractivity contribution < 1.29 is 42.0 Å². The number of quaternary nitrogens is 1. The van der Waals surface area contributed by atoms with E-state index in [4.69, 9.17) is 6.57 Å². The maximum atomic E-state index is 13.4. The van der Waals surface area contributed by atoms with Crippen LogP contribution in [0.5, 0.6) is 0 Å². The molecule has 1 unspecified atom stereocenters. The molecule has 133 valence electrons. The quantitative estimate of drug-likeness (QED) is 0.520.